The van der Waals surface area contributed by atoms with Gasteiger partial charge in [-0.3, -0.25) is 4.57 Å². The number of anilines is 1. The number of aromatic nitrogens is 2. The lowest BCUT2D eigenvalue weighted by atomic mass is 9.92. The van der Waals surface area contributed by atoms with Gasteiger partial charge in [0.1, 0.15) is 0 Å². The van der Waals surface area contributed by atoms with Crippen molar-refractivity contribution in [2.24, 2.45) is 0 Å². The van der Waals surface area contributed by atoms with Gasteiger partial charge in [0.25, 0.3) is 0 Å². The highest BCUT2D eigenvalue weighted by Crippen LogP contribution is 2.24. The normalized spacial score (nSPS) is 22.1. The summed E-state index contributed by atoms with van der Waals surface area (Å²) in [5.41, 5.74) is 1.80. The van der Waals surface area contributed by atoms with E-state index in [0.29, 0.717) is 6.04 Å². The SMILES string of the molecule is COC1CCCCC1Nc1ccc(-n2cc[nH]c2=O)cc1. The minimum atomic E-state index is -0.123. The van der Waals surface area contributed by atoms with Gasteiger partial charge in [-0.2, -0.15) is 0 Å². The molecule has 1 heterocycles. The first-order valence-corrected chi connectivity index (χ1v) is 7.44. The molecule has 2 aromatic rings. The summed E-state index contributed by atoms with van der Waals surface area (Å²) in [5, 5.41) is 3.55. The van der Waals surface area contributed by atoms with Crippen LogP contribution in [0.25, 0.3) is 5.69 Å². The second-order valence-electron chi connectivity index (χ2n) is 5.49. The summed E-state index contributed by atoms with van der Waals surface area (Å²) in [6, 6.07) is 8.28. The second-order valence-corrected chi connectivity index (χ2v) is 5.49. The van der Waals surface area contributed by atoms with E-state index in [-0.39, 0.29) is 11.8 Å². The van der Waals surface area contributed by atoms with E-state index >= 15 is 0 Å². The molecule has 2 N–H and O–H groups in total. The fraction of sp³-hybridized carbons (Fsp3) is 0.438. The van der Waals surface area contributed by atoms with Gasteiger partial charge in [0.2, 0.25) is 0 Å². The molecule has 0 aliphatic heterocycles. The Morgan fingerprint density at radius 3 is 2.67 bits per heavy atom. The molecule has 1 fully saturated rings. The summed E-state index contributed by atoms with van der Waals surface area (Å²) in [6.45, 7) is 0. The van der Waals surface area contributed by atoms with Crippen LogP contribution in [0.1, 0.15) is 25.7 Å². The molecule has 5 nitrogen and oxygen atoms in total. The minimum Gasteiger partial charge on any atom is -0.380 e. The molecule has 1 aliphatic rings. The van der Waals surface area contributed by atoms with E-state index in [0.717, 1.165) is 24.2 Å². The van der Waals surface area contributed by atoms with E-state index in [4.69, 9.17) is 4.74 Å². The van der Waals surface area contributed by atoms with Gasteiger partial charge < -0.3 is 15.0 Å². The monoisotopic (exact) mass is 287 g/mol. The van der Waals surface area contributed by atoms with Gasteiger partial charge in [0.05, 0.1) is 17.8 Å². The lowest BCUT2D eigenvalue weighted by Crippen LogP contribution is -2.37. The first-order chi connectivity index (χ1) is 10.3. The molecule has 2 atom stereocenters. The van der Waals surface area contributed by atoms with Crippen LogP contribution in [0.3, 0.4) is 0 Å². The fourth-order valence-corrected chi connectivity index (χ4v) is 3.00. The predicted molar refractivity (Wildman–Crippen MR) is 83.1 cm³/mol. The van der Waals surface area contributed by atoms with Gasteiger partial charge in [-0.15, -0.1) is 0 Å². The van der Waals surface area contributed by atoms with Crippen LogP contribution in [-0.2, 0) is 4.74 Å². The van der Waals surface area contributed by atoms with Gasteiger partial charge in [-0.05, 0) is 37.1 Å². The van der Waals surface area contributed by atoms with Gasteiger partial charge in [0, 0.05) is 25.2 Å². The topological polar surface area (TPSA) is 59.0 Å². The van der Waals surface area contributed by atoms with E-state index in [2.05, 4.69) is 10.3 Å². The zero-order valence-electron chi connectivity index (χ0n) is 12.2. The van der Waals surface area contributed by atoms with Crippen molar-refractivity contribution in [2.75, 3.05) is 12.4 Å². The number of aromatic amines is 1. The van der Waals surface area contributed by atoms with Crippen LogP contribution in [0.15, 0.2) is 41.5 Å². The first kappa shape index (κ1) is 13.9. The van der Waals surface area contributed by atoms with Crippen molar-refractivity contribution in [3.8, 4) is 5.69 Å². The van der Waals surface area contributed by atoms with Crippen molar-refractivity contribution >= 4 is 5.69 Å². The van der Waals surface area contributed by atoms with Crippen LogP contribution in [0, 0.1) is 0 Å². The van der Waals surface area contributed by atoms with Gasteiger partial charge in [-0.1, -0.05) is 12.8 Å². The van der Waals surface area contributed by atoms with Crippen LogP contribution < -0.4 is 11.0 Å². The summed E-state index contributed by atoms with van der Waals surface area (Å²) < 4.78 is 7.15. The Labute approximate surface area is 124 Å². The number of imidazole rings is 1. The summed E-state index contributed by atoms with van der Waals surface area (Å²) in [5.74, 6) is 0. The van der Waals surface area contributed by atoms with Crippen molar-refractivity contribution in [1.82, 2.24) is 9.55 Å². The number of ether oxygens (including phenoxy) is 1. The smallest absolute Gasteiger partial charge is 0.330 e. The molecule has 112 valence electrons. The maximum Gasteiger partial charge on any atom is 0.330 e. The molecule has 2 unspecified atom stereocenters. The van der Waals surface area contributed by atoms with Crippen molar-refractivity contribution in [3.05, 3.63) is 47.1 Å². The molecule has 0 bridgehead atoms. The summed E-state index contributed by atoms with van der Waals surface area (Å²) in [4.78, 5) is 14.2. The minimum absolute atomic E-state index is 0.123. The molecule has 21 heavy (non-hydrogen) atoms. The van der Waals surface area contributed by atoms with Crippen molar-refractivity contribution < 1.29 is 4.74 Å². The number of nitrogens with zero attached hydrogens (tertiary/aromatic N) is 1. The quantitative estimate of drug-likeness (QED) is 0.908. The maximum atomic E-state index is 11.6. The molecule has 0 spiro atoms. The van der Waals surface area contributed by atoms with Crippen molar-refractivity contribution in [2.45, 2.75) is 37.8 Å². The van der Waals surface area contributed by atoms with E-state index in [1.807, 2.05) is 24.3 Å². The van der Waals surface area contributed by atoms with E-state index in [1.54, 1.807) is 24.1 Å². The highest BCUT2D eigenvalue weighted by Gasteiger charge is 2.24. The summed E-state index contributed by atoms with van der Waals surface area (Å²) in [7, 11) is 1.78. The number of nitrogens with one attached hydrogen (secondary N) is 2. The molecule has 1 aliphatic carbocycles. The Morgan fingerprint density at radius 1 is 1.24 bits per heavy atom. The third-order valence-electron chi connectivity index (χ3n) is 4.15. The molecule has 0 amide bonds. The van der Waals surface area contributed by atoms with Crippen LogP contribution in [-0.4, -0.2) is 28.8 Å². The lowest BCUT2D eigenvalue weighted by Gasteiger charge is -2.31. The zero-order valence-corrected chi connectivity index (χ0v) is 12.2. The zero-order chi connectivity index (χ0) is 14.7. The van der Waals surface area contributed by atoms with Crippen LogP contribution >= 0.6 is 0 Å². The van der Waals surface area contributed by atoms with Crippen LogP contribution in [0.4, 0.5) is 5.69 Å². The average Bonchev–Trinajstić information content (AvgIpc) is 2.95. The Balaban J connectivity index is 1.72. The molecule has 0 radical (unpaired) electrons. The molecule has 1 saturated carbocycles. The summed E-state index contributed by atoms with van der Waals surface area (Å²) in [6.07, 6.45) is 8.39. The van der Waals surface area contributed by atoms with Crippen molar-refractivity contribution in [1.29, 1.82) is 0 Å². The van der Waals surface area contributed by atoms with Gasteiger partial charge >= 0.3 is 5.69 Å². The standard InChI is InChI=1S/C16H21N3O2/c1-21-15-5-3-2-4-14(15)18-12-6-8-13(9-7-12)19-11-10-17-16(19)20/h6-11,14-15,18H,2-5H2,1H3,(H,17,20). The first-order valence-electron chi connectivity index (χ1n) is 7.44. The highest BCUT2D eigenvalue weighted by atomic mass is 16.5. The number of rotatable bonds is 4. The number of H-pyrrole nitrogens is 1. The average molecular weight is 287 g/mol. The molecule has 1 aromatic carbocycles. The van der Waals surface area contributed by atoms with E-state index in [1.165, 1.54) is 12.8 Å². The van der Waals surface area contributed by atoms with Crippen LogP contribution in [0.2, 0.25) is 0 Å². The maximum absolute atomic E-state index is 11.6. The van der Waals surface area contributed by atoms with Crippen LogP contribution in [0.5, 0.6) is 0 Å². The van der Waals surface area contributed by atoms with Gasteiger partial charge in [-0.25, -0.2) is 4.79 Å². The predicted octanol–water partition coefficient (Wildman–Crippen LogP) is 2.54. The van der Waals surface area contributed by atoms with E-state index in [9.17, 15) is 4.79 Å². The Hall–Kier alpha value is -2.01. The number of methoxy groups -OCH3 is 1. The Morgan fingerprint density at radius 2 is 2.00 bits per heavy atom. The number of hydrogen-bond donors (Lipinski definition) is 2. The summed E-state index contributed by atoms with van der Waals surface area (Å²) >= 11 is 0. The number of hydrogen-bond acceptors (Lipinski definition) is 3. The largest absolute Gasteiger partial charge is 0.380 e. The molecular formula is C16H21N3O2. The van der Waals surface area contributed by atoms with Crippen molar-refractivity contribution in [3.63, 3.8) is 0 Å². The third-order valence-corrected chi connectivity index (χ3v) is 4.15. The Kier molecular flexibility index (Phi) is 4.10. The second kappa shape index (κ2) is 6.18. The molecule has 5 heteroatoms. The Bertz CT molecular complexity index is 629. The molecule has 1 aromatic heterocycles. The molecule has 0 saturated heterocycles. The lowest BCUT2D eigenvalue weighted by molar-refractivity contribution is 0.0606. The fourth-order valence-electron chi connectivity index (χ4n) is 3.00. The highest BCUT2D eigenvalue weighted by molar-refractivity contribution is 5.49. The van der Waals surface area contributed by atoms with Gasteiger partial charge in [0.15, 0.2) is 0 Å². The number of benzene rings is 1. The van der Waals surface area contributed by atoms with E-state index < -0.39 is 0 Å². The third kappa shape index (κ3) is 3.03. The molecular weight excluding hydrogens is 266 g/mol. The molecule has 3 rings (SSSR count).